The van der Waals surface area contributed by atoms with Crippen molar-refractivity contribution in [2.75, 3.05) is 12.3 Å². The van der Waals surface area contributed by atoms with Crippen molar-refractivity contribution in [3.63, 3.8) is 0 Å². The second-order valence-corrected chi connectivity index (χ2v) is 20.5. The van der Waals surface area contributed by atoms with E-state index >= 15 is 0 Å². The summed E-state index contributed by atoms with van der Waals surface area (Å²) >= 11 is 8.63. The maximum Gasteiger partial charge on any atom is 0.327 e. The molecule has 4 rings (SSSR count). The summed E-state index contributed by atoms with van der Waals surface area (Å²) in [6.07, 6.45) is 5.83. The molecule has 0 saturated carbocycles. The zero-order valence-corrected chi connectivity index (χ0v) is 45.5. The third-order valence-corrected chi connectivity index (χ3v) is 12.8. The number of amides is 8. The predicted octanol–water partition coefficient (Wildman–Crippen LogP) is -0.196. The van der Waals surface area contributed by atoms with Crippen LogP contribution in [0.15, 0.2) is 78.3 Å². The molecule has 0 fully saturated rings. The molecule has 8 amide bonds. The largest absolute Gasteiger partial charge is 0.480 e. The van der Waals surface area contributed by atoms with E-state index in [-0.39, 0.29) is 50.4 Å². The highest BCUT2D eigenvalue weighted by Crippen LogP contribution is 2.21. The molecule has 2 aromatic heterocycles. The van der Waals surface area contributed by atoms with Crippen LogP contribution in [0.3, 0.4) is 0 Å². The number of imidazole rings is 1. The molecule has 77 heavy (non-hydrogen) atoms. The lowest BCUT2D eigenvalue weighted by atomic mass is 10.00. The summed E-state index contributed by atoms with van der Waals surface area (Å²) in [5, 5.41) is 31.9. The van der Waals surface area contributed by atoms with Crippen LogP contribution in [0, 0.1) is 0 Å². The van der Waals surface area contributed by atoms with Crippen molar-refractivity contribution >= 4 is 95.3 Å². The lowest BCUT2D eigenvalue weighted by Gasteiger charge is -2.30. The second kappa shape index (κ2) is 30.2. The molecule has 24 nitrogen and oxygen atoms in total. The minimum Gasteiger partial charge on any atom is -0.480 e. The SMILES string of the molecule is CCCC[C@H](NC(C)=O)C(=O)N[C@@H](CS)C(=O)N[C@H](C)C(=O)N[C@@H](Cc1cnc[nH]1)C(=O)N[C@H](Cc1ccccc1)C(=O)N[C@@H](CCCN=C(N)N)C(=O)N[C@@H](Cc1c[nH]c2ccccc12)C(=O)N[C@H](C(=O)O)C(C)(C)S. The van der Waals surface area contributed by atoms with Crippen molar-refractivity contribution in [2.24, 2.45) is 16.5 Å². The number of carboxylic acids is 1. The molecular formula is C51H72N14O10S2. The van der Waals surface area contributed by atoms with Crippen molar-refractivity contribution in [1.29, 1.82) is 0 Å². The van der Waals surface area contributed by atoms with Gasteiger partial charge in [0.1, 0.15) is 48.3 Å². The van der Waals surface area contributed by atoms with Crippen LogP contribution >= 0.6 is 25.3 Å². The van der Waals surface area contributed by atoms with Gasteiger partial charge in [-0.25, -0.2) is 9.78 Å². The average molecular weight is 1110 g/mol. The molecule has 4 aromatic rings. The minimum atomic E-state index is -1.49. The number of carbonyl (C=O) groups excluding carboxylic acids is 8. The molecule has 0 aliphatic carbocycles. The zero-order valence-electron chi connectivity index (χ0n) is 43.7. The molecule has 0 aliphatic heterocycles. The fourth-order valence-corrected chi connectivity index (χ4v) is 8.48. The quantitative estimate of drug-likeness (QED) is 0.0135. The van der Waals surface area contributed by atoms with E-state index < -0.39 is 106 Å². The Kier molecular flexibility index (Phi) is 24.3. The monoisotopic (exact) mass is 1100 g/mol. The van der Waals surface area contributed by atoms with Gasteiger partial charge in [0.15, 0.2) is 5.96 Å². The van der Waals surface area contributed by atoms with E-state index in [1.54, 1.807) is 42.6 Å². The summed E-state index contributed by atoms with van der Waals surface area (Å²) in [7, 11) is 0. The van der Waals surface area contributed by atoms with E-state index in [4.69, 9.17) is 11.5 Å². The standard InChI is InChI=1S/C51H72N14O10S2/c1-6-7-17-35(59-29(3)66)43(68)64-40(26-76)48(73)58-28(2)42(67)61-39(23-32-25-54-27-57-32)46(71)62-37(21-30-14-9-8-10-15-30)45(70)60-36(19-13-20-55-50(52)53)44(69)63-38(47(72)65-41(49(74)75)51(4,5)77)22-31-24-56-34-18-12-11-16-33(31)34/h8-12,14-16,18,24-25,27-28,35-41,56,76-77H,6-7,13,17,19-23,26H2,1-5H3,(H,54,57)(H,58,73)(H,59,66)(H,60,70)(H,61,67)(H,62,71)(H,63,69)(H,64,68)(H,65,72)(H,74,75)(H4,52,53,55)/t28-,35+,36+,37-,38+,39+,40+,41-/m1/s1. The molecule has 2 heterocycles. The van der Waals surface area contributed by atoms with E-state index in [1.165, 1.54) is 40.2 Å². The van der Waals surface area contributed by atoms with E-state index in [2.05, 4.69) is 87.7 Å². The fraction of sp³-hybridized carbons (Fsp3) is 0.471. The van der Waals surface area contributed by atoms with Gasteiger partial charge in [-0.2, -0.15) is 25.3 Å². The second-order valence-electron chi connectivity index (χ2n) is 19.0. The molecule has 0 unspecified atom stereocenters. The summed E-state index contributed by atoms with van der Waals surface area (Å²) in [5.41, 5.74) is 13.5. The van der Waals surface area contributed by atoms with Gasteiger partial charge in [0, 0.05) is 72.2 Å². The number of carboxylic acid groups (broad SMARTS) is 1. The Morgan fingerprint density at radius 1 is 0.675 bits per heavy atom. The van der Waals surface area contributed by atoms with Crippen LogP contribution in [0.1, 0.15) is 83.5 Å². The van der Waals surface area contributed by atoms with Crippen LogP contribution in [-0.2, 0) is 62.4 Å². The van der Waals surface area contributed by atoms with Gasteiger partial charge in [0.05, 0.1) is 6.33 Å². The zero-order chi connectivity index (χ0) is 56.8. The summed E-state index contributed by atoms with van der Waals surface area (Å²) in [6.45, 7) is 7.62. The maximum atomic E-state index is 14.7. The Bertz CT molecular complexity index is 2680. The van der Waals surface area contributed by atoms with Crippen molar-refractivity contribution in [2.45, 2.75) is 139 Å². The van der Waals surface area contributed by atoms with Crippen LogP contribution in [0.4, 0.5) is 0 Å². The van der Waals surface area contributed by atoms with Crippen molar-refractivity contribution in [1.82, 2.24) is 57.5 Å². The maximum absolute atomic E-state index is 14.7. The number of unbranched alkanes of at least 4 members (excludes halogenated alkanes) is 1. The molecule has 0 radical (unpaired) electrons. The molecule has 418 valence electrons. The normalized spacial score (nSPS) is 14.4. The van der Waals surface area contributed by atoms with Crippen LogP contribution in [0.5, 0.6) is 0 Å². The van der Waals surface area contributed by atoms with Gasteiger partial charge in [-0.1, -0.05) is 68.3 Å². The first-order valence-electron chi connectivity index (χ1n) is 25.1. The molecule has 26 heteroatoms. The lowest BCUT2D eigenvalue weighted by Crippen LogP contribution is -2.61. The Labute approximate surface area is 457 Å². The highest BCUT2D eigenvalue weighted by Gasteiger charge is 2.38. The third kappa shape index (κ3) is 20.1. The number of rotatable bonds is 31. The van der Waals surface area contributed by atoms with E-state index in [1.807, 2.05) is 25.1 Å². The Balaban J connectivity index is 1.62. The van der Waals surface area contributed by atoms with E-state index in [9.17, 15) is 48.3 Å². The van der Waals surface area contributed by atoms with Gasteiger partial charge in [-0.05, 0) is 57.2 Å². The Morgan fingerprint density at radius 3 is 1.79 bits per heavy atom. The van der Waals surface area contributed by atoms with Crippen LogP contribution in [0.2, 0.25) is 0 Å². The number of nitrogens with two attached hydrogens (primary N) is 2. The number of benzene rings is 2. The Hall–Kier alpha value is -7.61. The van der Waals surface area contributed by atoms with Crippen LogP contribution in [-0.4, -0.2) is 145 Å². The summed E-state index contributed by atoms with van der Waals surface area (Å²) in [6, 6.07) is 5.41. The lowest BCUT2D eigenvalue weighted by molar-refractivity contribution is -0.143. The molecule has 8 atom stereocenters. The van der Waals surface area contributed by atoms with E-state index in [0.29, 0.717) is 29.7 Å². The fourth-order valence-electron chi connectivity index (χ4n) is 8.05. The number of hydrogen-bond acceptors (Lipinski definition) is 13. The van der Waals surface area contributed by atoms with Crippen LogP contribution < -0.4 is 54.0 Å². The number of fused-ring (bicyclic) bond motifs is 1. The first kappa shape index (κ1) is 61.9. The Morgan fingerprint density at radius 2 is 1.21 bits per heavy atom. The van der Waals surface area contributed by atoms with E-state index in [0.717, 1.165) is 17.3 Å². The van der Waals surface area contributed by atoms with Crippen molar-refractivity contribution in [3.05, 3.63) is 90.1 Å². The predicted molar refractivity (Wildman–Crippen MR) is 295 cm³/mol. The van der Waals surface area contributed by atoms with Gasteiger partial charge in [0.2, 0.25) is 47.3 Å². The first-order valence-corrected chi connectivity index (χ1v) is 26.2. The summed E-state index contributed by atoms with van der Waals surface area (Å²) in [5.74, 6) is -7.74. The van der Waals surface area contributed by atoms with Crippen molar-refractivity contribution in [3.8, 4) is 0 Å². The first-order chi connectivity index (χ1) is 36.5. The number of aromatic nitrogens is 3. The number of para-hydroxylation sites is 1. The van der Waals surface area contributed by atoms with Crippen molar-refractivity contribution < 1.29 is 48.3 Å². The van der Waals surface area contributed by atoms with Crippen LogP contribution in [0.25, 0.3) is 10.9 Å². The molecule has 2 aromatic carbocycles. The number of hydrogen-bond donors (Lipinski definition) is 15. The molecule has 0 bridgehead atoms. The third-order valence-electron chi connectivity index (χ3n) is 12.2. The minimum absolute atomic E-state index is 0.0403. The number of aliphatic carboxylic acids is 1. The smallest absolute Gasteiger partial charge is 0.327 e. The number of H-pyrrole nitrogens is 2. The number of carbonyl (C=O) groups is 9. The number of nitrogens with zero attached hydrogens (tertiary/aromatic N) is 2. The van der Waals surface area contributed by atoms with Gasteiger partial charge in [-0.3, -0.25) is 43.3 Å². The molecule has 0 spiro atoms. The number of guanidine groups is 1. The number of thiol groups is 2. The summed E-state index contributed by atoms with van der Waals surface area (Å²) < 4.78 is -1.24. The number of aliphatic imine (C=N–C) groups is 1. The highest BCUT2D eigenvalue weighted by molar-refractivity contribution is 7.81. The number of aromatic amines is 2. The highest BCUT2D eigenvalue weighted by atomic mass is 32.1. The van der Waals surface area contributed by atoms with Gasteiger partial charge < -0.3 is 69.1 Å². The molecule has 0 saturated heterocycles. The summed E-state index contributed by atoms with van der Waals surface area (Å²) in [4.78, 5) is 136. The van der Waals surface area contributed by atoms with Gasteiger partial charge in [0.25, 0.3) is 0 Å². The molecule has 0 aliphatic rings. The average Bonchev–Trinajstić information content (AvgIpc) is 4.06. The van der Waals surface area contributed by atoms with Gasteiger partial charge >= 0.3 is 5.97 Å². The molecule has 15 N–H and O–H groups in total. The topological polar surface area (TPSA) is 379 Å². The molecular weight excluding hydrogens is 1030 g/mol. The number of nitrogens with one attached hydrogen (secondary N) is 10. The van der Waals surface area contributed by atoms with Gasteiger partial charge in [-0.15, -0.1) is 0 Å².